The second-order valence-corrected chi connectivity index (χ2v) is 2.49. The third kappa shape index (κ3) is 1.34. The van der Waals surface area contributed by atoms with Crippen molar-refractivity contribution in [1.82, 2.24) is 14.3 Å². The van der Waals surface area contributed by atoms with Gasteiger partial charge in [-0.1, -0.05) is 0 Å². The summed E-state index contributed by atoms with van der Waals surface area (Å²) in [6.45, 7) is 1.46. The fourth-order valence-electron chi connectivity index (χ4n) is 1.01. The van der Waals surface area contributed by atoms with Gasteiger partial charge < -0.3 is 15.3 Å². The number of nitrogens with one attached hydrogen (secondary N) is 1. The number of aromatic nitrogens is 3. The zero-order valence-corrected chi connectivity index (χ0v) is 7.50. The van der Waals surface area contributed by atoms with Crippen molar-refractivity contribution in [1.29, 1.82) is 5.41 Å². The van der Waals surface area contributed by atoms with Crippen molar-refractivity contribution in [2.24, 2.45) is 12.2 Å². The molecule has 2 N–H and O–H groups in total. The van der Waals surface area contributed by atoms with Gasteiger partial charge in [-0.2, -0.15) is 0 Å². The molecule has 1 aromatic rings. The lowest BCUT2D eigenvalue weighted by Gasteiger charge is -1.96. The van der Waals surface area contributed by atoms with Crippen LogP contribution in [0.1, 0.15) is 5.82 Å². The minimum atomic E-state index is -0.896. The first-order chi connectivity index (χ1) is 6.49. The molecule has 0 amide bonds. The van der Waals surface area contributed by atoms with Gasteiger partial charge in [0.2, 0.25) is 0 Å². The summed E-state index contributed by atoms with van der Waals surface area (Å²) < 4.78 is 1.95. The largest absolute Gasteiger partial charge is 0.481 e. The standard InChI is InChI=1S/C5H8N6O3/c1-3-7-9(2)4(6)10(3)5(8-12)11(13)14/h6,12H,1-2H3/b6-4?,8-5-. The van der Waals surface area contributed by atoms with E-state index in [1.54, 1.807) is 0 Å². The molecule has 9 nitrogen and oxygen atoms in total. The highest BCUT2D eigenvalue weighted by atomic mass is 16.6. The van der Waals surface area contributed by atoms with Gasteiger partial charge in [-0.15, -0.1) is 9.67 Å². The molecule has 0 aromatic carbocycles. The molecule has 14 heavy (non-hydrogen) atoms. The van der Waals surface area contributed by atoms with Crippen LogP contribution in [0.15, 0.2) is 5.16 Å². The number of oxime groups is 1. The lowest BCUT2D eigenvalue weighted by atomic mass is 10.7. The van der Waals surface area contributed by atoms with E-state index >= 15 is 0 Å². The van der Waals surface area contributed by atoms with Crippen LogP contribution in [0.25, 0.3) is 0 Å². The molecule has 0 radical (unpaired) electrons. The maximum atomic E-state index is 10.4. The van der Waals surface area contributed by atoms with Crippen molar-refractivity contribution < 1.29 is 10.1 Å². The average Bonchev–Trinajstić information content (AvgIpc) is 2.32. The van der Waals surface area contributed by atoms with E-state index in [4.69, 9.17) is 10.6 Å². The third-order valence-electron chi connectivity index (χ3n) is 1.59. The molecule has 0 atom stereocenters. The van der Waals surface area contributed by atoms with Crippen LogP contribution in [0, 0.1) is 22.4 Å². The summed E-state index contributed by atoms with van der Waals surface area (Å²) in [5.74, 6) is -0.650. The van der Waals surface area contributed by atoms with E-state index in [-0.39, 0.29) is 11.4 Å². The fourth-order valence-corrected chi connectivity index (χ4v) is 1.01. The number of hydrogen-bond donors (Lipinski definition) is 2. The van der Waals surface area contributed by atoms with Crippen LogP contribution in [0.3, 0.4) is 0 Å². The Kier molecular flexibility index (Phi) is 2.32. The van der Waals surface area contributed by atoms with Crippen molar-refractivity contribution in [2.75, 3.05) is 0 Å². The minimum Gasteiger partial charge on any atom is -0.390 e. The van der Waals surface area contributed by atoms with E-state index in [2.05, 4.69) is 10.3 Å². The highest BCUT2D eigenvalue weighted by molar-refractivity contribution is 5.73. The van der Waals surface area contributed by atoms with Gasteiger partial charge in [0, 0.05) is 14.0 Å². The topological polar surface area (TPSA) is 122 Å². The number of aryl methyl sites for hydroxylation is 2. The molecule has 9 heteroatoms. The van der Waals surface area contributed by atoms with Crippen LogP contribution in [-0.2, 0) is 7.05 Å². The van der Waals surface area contributed by atoms with Crippen LogP contribution < -0.4 is 5.62 Å². The van der Waals surface area contributed by atoms with Crippen molar-refractivity contribution in [3.05, 3.63) is 21.6 Å². The molecule has 0 aliphatic carbocycles. The van der Waals surface area contributed by atoms with E-state index in [1.165, 1.54) is 14.0 Å². The normalized spacial score (nSPS) is 11.7. The molecule has 0 bridgehead atoms. The van der Waals surface area contributed by atoms with E-state index in [0.29, 0.717) is 0 Å². The predicted octanol–water partition coefficient (Wildman–Crippen LogP) is -1.12. The van der Waals surface area contributed by atoms with Gasteiger partial charge in [-0.25, -0.2) is 4.68 Å². The monoisotopic (exact) mass is 200 g/mol. The molecule has 1 heterocycles. The Morgan fingerprint density at radius 2 is 2.36 bits per heavy atom. The first-order valence-corrected chi connectivity index (χ1v) is 3.53. The molecule has 0 saturated heterocycles. The molecule has 1 aromatic heterocycles. The Labute approximate surface area is 77.5 Å². The van der Waals surface area contributed by atoms with Crippen LogP contribution >= 0.6 is 0 Å². The molecule has 76 valence electrons. The fraction of sp³-hybridized carbons (Fsp3) is 0.400. The average molecular weight is 200 g/mol. The minimum absolute atomic E-state index is 0.196. The molecule has 1 rings (SSSR count). The van der Waals surface area contributed by atoms with Gasteiger partial charge >= 0.3 is 5.96 Å². The molecule has 0 saturated carbocycles. The van der Waals surface area contributed by atoms with Gasteiger partial charge in [0.05, 0.1) is 0 Å². The van der Waals surface area contributed by atoms with Gasteiger partial charge in [-0.05, 0) is 4.92 Å². The first kappa shape index (κ1) is 9.89. The van der Waals surface area contributed by atoms with Gasteiger partial charge in [0.15, 0.2) is 5.82 Å². The quantitative estimate of drug-likeness (QED) is 0.181. The van der Waals surface area contributed by atoms with Crippen molar-refractivity contribution in [2.45, 2.75) is 6.92 Å². The van der Waals surface area contributed by atoms with Crippen LogP contribution in [0.2, 0.25) is 0 Å². The molecule has 0 aliphatic heterocycles. The summed E-state index contributed by atoms with van der Waals surface area (Å²) in [7, 11) is 1.46. The van der Waals surface area contributed by atoms with Crippen LogP contribution in [-0.4, -0.2) is 30.4 Å². The Morgan fingerprint density at radius 3 is 2.64 bits per heavy atom. The van der Waals surface area contributed by atoms with Gasteiger partial charge in [0.25, 0.3) is 5.62 Å². The molecule has 0 unspecified atom stereocenters. The lowest BCUT2D eigenvalue weighted by molar-refractivity contribution is -0.357. The van der Waals surface area contributed by atoms with E-state index in [9.17, 15) is 10.1 Å². The zero-order valence-electron chi connectivity index (χ0n) is 7.50. The summed E-state index contributed by atoms with van der Waals surface area (Å²) in [6, 6.07) is 0. The van der Waals surface area contributed by atoms with Crippen LogP contribution in [0.5, 0.6) is 0 Å². The molecule has 0 aliphatic rings. The van der Waals surface area contributed by atoms with E-state index in [0.717, 1.165) is 9.25 Å². The molecule has 0 spiro atoms. The highest BCUT2D eigenvalue weighted by Crippen LogP contribution is 1.90. The first-order valence-electron chi connectivity index (χ1n) is 3.53. The van der Waals surface area contributed by atoms with Gasteiger partial charge in [0.1, 0.15) is 5.16 Å². The smallest absolute Gasteiger partial charge is 0.390 e. The maximum Gasteiger partial charge on any atom is 0.481 e. The summed E-state index contributed by atoms with van der Waals surface area (Å²) in [4.78, 5) is 9.52. The number of rotatable bonds is 0. The van der Waals surface area contributed by atoms with Gasteiger partial charge in [-0.3, -0.25) is 5.41 Å². The predicted molar refractivity (Wildman–Crippen MR) is 43.4 cm³/mol. The van der Waals surface area contributed by atoms with Crippen LogP contribution in [0.4, 0.5) is 0 Å². The van der Waals surface area contributed by atoms with E-state index < -0.39 is 10.9 Å². The third-order valence-corrected chi connectivity index (χ3v) is 1.59. The molecular weight excluding hydrogens is 192 g/mol. The number of nitrogens with zero attached hydrogens (tertiary/aromatic N) is 5. The second-order valence-electron chi connectivity index (χ2n) is 2.49. The summed E-state index contributed by atoms with van der Waals surface area (Å²) in [5.41, 5.74) is -0.244. The Hall–Kier alpha value is -2.19. The summed E-state index contributed by atoms with van der Waals surface area (Å²) in [6.07, 6.45) is 0. The maximum absolute atomic E-state index is 10.4. The second kappa shape index (κ2) is 3.28. The lowest BCUT2D eigenvalue weighted by Crippen LogP contribution is -2.33. The summed E-state index contributed by atoms with van der Waals surface area (Å²) in [5, 5.41) is 32.5. The SMILES string of the molecule is Cc1nn(C)c(=N)n1/C(=N/O)[N+](=O)[O-]. The Morgan fingerprint density at radius 1 is 1.79 bits per heavy atom. The summed E-state index contributed by atoms with van der Waals surface area (Å²) >= 11 is 0. The zero-order chi connectivity index (χ0) is 10.9. The van der Waals surface area contributed by atoms with Crippen molar-refractivity contribution >= 4 is 5.96 Å². The van der Waals surface area contributed by atoms with Crippen molar-refractivity contribution in [3.8, 4) is 0 Å². The van der Waals surface area contributed by atoms with E-state index in [1.807, 2.05) is 0 Å². The Balaban J connectivity index is 3.46. The van der Waals surface area contributed by atoms with Crippen molar-refractivity contribution in [3.63, 3.8) is 0 Å². The Bertz CT molecular complexity index is 455. The number of hydrogen-bond acceptors (Lipinski definition) is 6. The molecular formula is C5H8N6O3. The number of nitro groups is 1. The molecule has 0 fully saturated rings. The highest BCUT2D eigenvalue weighted by Gasteiger charge is 2.22.